The number of carbonyl (C=O) groups excluding carboxylic acids is 1. The number of hydrogen-bond acceptors (Lipinski definition) is 2. The Morgan fingerprint density at radius 3 is 2.71 bits per heavy atom. The number of benzene rings is 1. The van der Waals surface area contributed by atoms with Gasteiger partial charge in [0, 0.05) is 12.1 Å². The summed E-state index contributed by atoms with van der Waals surface area (Å²) in [7, 11) is 2.15. The SMILES string of the molecule is CN1CCC(CNC(=O)c2cc[c]cc2)CC1. The van der Waals surface area contributed by atoms with Crippen molar-refractivity contribution in [1.82, 2.24) is 10.2 Å². The van der Waals surface area contributed by atoms with Crippen LogP contribution in [0.4, 0.5) is 0 Å². The molecule has 2 rings (SSSR count). The average molecular weight is 231 g/mol. The van der Waals surface area contributed by atoms with Crippen molar-refractivity contribution in [3.63, 3.8) is 0 Å². The maximum Gasteiger partial charge on any atom is 0.251 e. The molecule has 1 aromatic rings. The summed E-state index contributed by atoms with van der Waals surface area (Å²) >= 11 is 0. The van der Waals surface area contributed by atoms with Crippen molar-refractivity contribution in [2.24, 2.45) is 5.92 Å². The van der Waals surface area contributed by atoms with Crippen LogP contribution in [0.3, 0.4) is 0 Å². The van der Waals surface area contributed by atoms with Gasteiger partial charge in [-0.25, -0.2) is 0 Å². The molecule has 3 heteroatoms. The lowest BCUT2D eigenvalue weighted by atomic mass is 9.97. The fourth-order valence-corrected chi connectivity index (χ4v) is 2.14. The number of carbonyl (C=O) groups is 1. The summed E-state index contributed by atoms with van der Waals surface area (Å²) in [6, 6.07) is 10.0. The molecule has 1 heterocycles. The minimum Gasteiger partial charge on any atom is -0.352 e. The van der Waals surface area contributed by atoms with Crippen molar-refractivity contribution in [1.29, 1.82) is 0 Å². The Morgan fingerprint density at radius 1 is 1.41 bits per heavy atom. The third kappa shape index (κ3) is 3.56. The molecule has 0 spiro atoms. The van der Waals surface area contributed by atoms with E-state index in [0.29, 0.717) is 5.92 Å². The van der Waals surface area contributed by atoms with Gasteiger partial charge in [-0.05, 0) is 57.1 Å². The zero-order chi connectivity index (χ0) is 12.1. The molecule has 1 aromatic carbocycles. The van der Waals surface area contributed by atoms with E-state index in [1.807, 2.05) is 0 Å². The summed E-state index contributed by atoms with van der Waals surface area (Å²) in [5, 5.41) is 3.01. The summed E-state index contributed by atoms with van der Waals surface area (Å²) in [6.07, 6.45) is 2.36. The quantitative estimate of drug-likeness (QED) is 0.856. The Hall–Kier alpha value is -1.35. The molecule has 1 saturated heterocycles. The molecule has 1 radical (unpaired) electrons. The number of piperidine rings is 1. The highest BCUT2D eigenvalue weighted by molar-refractivity contribution is 5.94. The Bertz CT molecular complexity index is 356. The number of nitrogens with zero attached hydrogens (tertiary/aromatic N) is 1. The monoisotopic (exact) mass is 231 g/mol. The van der Waals surface area contributed by atoms with Crippen LogP contribution in [0.5, 0.6) is 0 Å². The van der Waals surface area contributed by atoms with Gasteiger partial charge in [0.05, 0.1) is 0 Å². The van der Waals surface area contributed by atoms with Gasteiger partial charge in [-0.1, -0.05) is 12.1 Å². The van der Waals surface area contributed by atoms with Crippen LogP contribution in [0.2, 0.25) is 0 Å². The van der Waals surface area contributed by atoms with E-state index < -0.39 is 0 Å². The number of likely N-dealkylation sites (tertiary alicyclic amines) is 1. The topological polar surface area (TPSA) is 32.3 Å². The smallest absolute Gasteiger partial charge is 0.251 e. The van der Waals surface area contributed by atoms with Gasteiger partial charge in [0.1, 0.15) is 0 Å². The lowest BCUT2D eigenvalue weighted by Gasteiger charge is -2.28. The predicted molar refractivity (Wildman–Crippen MR) is 67.8 cm³/mol. The van der Waals surface area contributed by atoms with Gasteiger partial charge in [-0.15, -0.1) is 0 Å². The molecule has 0 saturated carbocycles. The fourth-order valence-electron chi connectivity index (χ4n) is 2.14. The molecule has 1 fully saturated rings. The first-order valence-corrected chi connectivity index (χ1v) is 6.18. The van der Waals surface area contributed by atoms with Gasteiger partial charge in [0.2, 0.25) is 0 Å². The van der Waals surface area contributed by atoms with E-state index in [-0.39, 0.29) is 5.91 Å². The summed E-state index contributed by atoms with van der Waals surface area (Å²) in [5.74, 6) is 0.656. The normalized spacial score (nSPS) is 17.9. The molecule has 3 nitrogen and oxygen atoms in total. The van der Waals surface area contributed by atoms with Gasteiger partial charge in [0.25, 0.3) is 5.91 Å². The number of hydrogen-bond donors (Lipinski definition) is 1. The third-order valence-electron chi connectivity index (χ3n) is 3.37. The molecule has 1 aliphatic rings. The highest BCUT2D eigenvalue weighted by atomic mass is 16.1. The Kier molecular flexibility index (Phi) is 4.15. The van der Waals surface area contributed by atoms with E-state index in [2.05, 4.69) is 23.3 Å². The van der Waals surface area contributed by atoms with Crippen LogP contribution in [0, 0.1) is 12.0 Å². The van der Waals surface area contributed by atoms with E-state index in [9.17, 15) is 4.79 Å². The highest BCUT2D eigenvalue weighted by Crippen LogP contribution is 2.14. The number of amides is 1. The second-order valence-electron chi connectivity index (χ2n) is 4.75. The molecular formula is C14H19N2O. The maximum absolute atomic E-state index is 11.8. The summed E-state index contributed by atoms with van der Waals surface area (Å²) in [6.45, 7) is 3.08. The number of nitrogens with one attached hydrogen (secondary N) is 1. The van der Waals surface area contributed by atoms with E-state index in [4.69, 9.17) is 0 Å². The van der Waals surface area contributed by atoms with Crippen molar-refractivity contribution < 1.29 is 4.79 Å². The van der Waals surface area contributed by atoms with Crippen molar-refractivity contribution in [3.8, 4) is 0 Å². The largest absolute Gasteiger partial charge is 0.352 e. The van der Waals surface area contributed by atoms with Gasteiger partial charge in [-0.2, -0.15) is 0 Å². The zero-order valence-electron chi connectivity index (χ0n) is 10.3. The first-order chi connectivity index (χ1) is 8.25. The first-order valence-electron chi connectivity index (χ1n) is 6.18. The van der Waals surface area contributed by atoms with E-state index in [1.165, 1.54) is 12.8 Å². The standard InChI is InChI=1S/C14H19N2O/c1-16-9-7-12(8-10-16)11-15-14(17)13-5-3-2-4-6-13/h3-6,12H,7-11H2,1H3,(H,15,17). The van der Waals surface area contributed by atoms with Crippen LogP contribution in [-0.2, 0) is 0 Å². The van der Waals surface area contributed by atoms with E-state index in [1.54, 1.807) is 24.3 Å². The second kappa shape index (κ2) is 5.82. The van der Waals surface area contributed by atoms with Gasteiger partial charge >= 0.3 is 0 Å². The maximum atomic E-state index is 11.8. The average Bonchev–Trinajstić information content (AvgIpc) is 2.39. The van der Waals surface area contributed by atoms with Gasteiger partial charge < -0.3 is 10.2 Å². The van der Waals surface area contributed by atoms with Crippen LogP contribution in [0.15, 0.2) is 24.3 Å². The van der Waals surface area contributed by atoms with Crippen LogP contribution < -0.4 is 5.32 Å². The molecule has 0 aliphatic carbocycles. The molecule has 0 bridgehead atoms. The minimum atomic E-state index is 0.0259. The number of rotatable bonds is 3. The summed E-state index contributed by atoms with van der Waals surface area (Å²) in [5.41, 5.74) is 0.719. The van der Waals surface area contributed by atoms with Gasteiger partial charge in [-0.3, -0.25) is 4.79 Å². The zero-order valence-corrected chi connectivity index (χ0v) is 10.3. The molecule has 0 atom stereocenters. The van der Waals surface area contributed by atoms with E-state index >= 15 is 0 Å². The molecule has 17 heavy (non-hydrogen) atoms. The Morgan fingerprint density at radius 2 is 2.06 bits per heavy atom. The minimum absolute atomic E-state index is 0.0259. The Labute approximate surface area is 103 Å². The van der Waals surface area contributed by atoms with Crippen molar-refractivity contribution >= 4 is 5.91 Å². The third-order valence-corrected chi connectivity index (χ3v) is 3.37. The molecule has 1 amide bonds. The van der Waals surface area contributed by atoms with Crippen LogP contribution in [0.1, 0.15) is 23.2 Å². The first kappa shape index (κ1) is 12.1. The molecule has 0 unspecified atom stereocenters. The molecule has 91 valence electrons. The second-order valence-corrected chi connectivity index (χ2v) is 4.75. The summed E-state index contributed by atoms with van der Waals surface area (Å²) in [4.78, 5) is 14.2. The van der Waals surface area contributed by atoms with Crippen molar-refractivity contribution in [2.45, 2.75) is 12.8 Å². The van der Waals surface area contributed by atoms with Crippen LogP contribution in [-0.4, -0.2) is 37.5 Å². The van der Waals surface area contributed by atoms with Crippen LogP contribution >= 0.6 is 0 Å². The van der Waals surface area contributed by atoms with Crippen LogP contribution in [0.25, 0.3) is 0 Å². The van der Waals surface area contributed by atoms with Crippen molar-refractivity contribution in [2.75, 3.05) is 26.7 Å². The van der Waals surface area contributed by atoms with Crippen molar-refractivity contribution in [3.05, 3.63) is 35.9 Å². The lowest BCUT2D eigenvalue weighted by Crippen LogP contribution is -2.36. The molecule has 0 aromatic heterocycles. The highest BCUT2D eigenvalue weighted by Gasteiger charge is 2.17. The Balaban J connectivity index is 1.77. The fraction of sp³-hybridized carbons (Fsp3) is 0.500. The van der Waals surface area contributed by atoms with Gasteiger partial charge in [0.15, 0.2) is 0 Å². The molecule has 1 aliphatic heterocycles. The van der Waals surface area contributed by atoms with E-state index in [0.717, 1.165) is 25.2 Å². The predicted octanol–water partition coefficient (Wildman–Crippen LogP) is 1.56. The lowest BCUT2D eigenvalue weighted by molar-refractivity contribution is 0.0939. The molecule has 1 N–H and O–H groups in total. The summed E-state index contributed by atoms with van der Waals surface area (Å²) < 4.78 is 0. The molecular weight excluding hydrogens is 212 g/mol.